The number of nitrogens with one attached hydrogen (secondary N) is 1. The molecule has 1 amide bonds. The number of nitrogens with zero attached hydrogens (tertiary/aromatic N) is 3. The normalized spacial score (nSPS) is 24.3. The first-order valence-corrected chi connectivity index (χ1v) is 10.3. The smallest absolute Gasteiger partial charge is 0.252 e. The monoisotopic (exact) mass is 394 g/mol. The van der Waals surface area contributed by atoms with Crippen LogP contribution in [0.3, 0.4) is 0 Å². The maximum atomic E-state index is 13.0. The predicted molar refractivity (Wildman–Crippen MR) is 114 cm³/mol. The number of amides is 1. The summed E-state index contributed by atoms with van der Waals surface area (Å²) in [6.07, 6.45) is 1.67. The van der Waals surface area contributed by atoms with Crippen LogP contribution in [0.1, 0.15) is 22.7 Å². The molecule has 0 saturated carbocycles. The van der Waals surface area contributed by atoms with Crippen LogP contribution in [0.2, 0.25) is 0 Å². The van der Waals surface area contributed by atoms with Gasteiger partial charge in [0.25, 0.3) is 5.56 Å². The van der Waals surface area contributed by atoms with E-state index < -0.39 is 0 Å². The van der Waals surface area contributed by atoms with Crippen molar-refractivity contribution in [2.75, 3.05) is 40.3 Å². The Labute approximate surface area is 172 Å². The summed E-state index contributed by atoms with van der Waals surface area (Å²) in [5.74, 6) is 1.03. The lowest BCUT2D eigenvalue weighted by Gasteiger charge is -2.31. The van der Waals surface area contributed by atoms with E-state index in [0.29, 0.717) is 24.9 Å². The van der Waals surface area contributed by atoms with Gasteiger partial charge in [-0.3, -0.25) is 14.5 Å². The van der Waals surface area contributed by atoms with E-state index in [9.17, 15) is 9.59 Å². The molecule has 2 aromatic rings. The largest absolute Gasteiger partial charge is 0.334 e. The van der Waals surface area contributed by atoms with Gasteiger partial charge in [-0.2, -0.15) is 0 Å². The first kappa shape index (κ1) is 19.9. The van der Waals surface area contributed by atoms with Crippen molar-refractivity contribution in [1.82, 2.24) is 19.7 Å². The maximum Gasteiger partial charge on any atom is 0.252 e. The summed E-state index contributed by atoms with van der Waals surface area (Å²) in [5.41, 5.74) is 3.29. The highest BCUT2D eigenvalue weighted by Gasteiger charge is 2.49. The number of likely N-dealkylation sites (tertiary alicyclic amines) is 2. The number of carbonyl (C=O) groups excluding carboxylic acids is 1. The molecule has 6 nitrogen and oxygen atoms in total. The van der Waals surface area contributed by atoms with Gasteiger partial charge in [-0.05, 0) is 44.1 Å². The number of hydrogen-bond donors (Lipinski definition) is 1. The summed E-state index contributed by atoms with van der Waals surface area (Å²) in [4.78, 5) is 34.3. The number of H-pyrrole nitrogens is 1. The molecule has 4 rings (SSSR count). The number of fused-ring (bicyclic) bond motifs is 1. The van der Waals surface area contributed by atoms with Gasteiger partial charge in [0.2, 0.25) is 5.91 Å². The standard InChI is InChI=1S/C23H30N4O2/c1-16-7-4-5-9-19(16)22-20-14-26(11-17-8-6-10-24-23(17)29)12-18(20)13-27(22)21(28)15-25(2)3/h4-10,18,20,22H,11-15H2,1-3H3,(H,24,29)/t18-,20-,22+/m1/s1. The summed E-state index contributed by atoms with van der Waals surface area (Å²) in [6.45, 7) is 5.85. The molecule has 1 aromatic carbocycles. The van der Waals surface area contributed by atoms with E-state index in [1.165, 1.54) is 11.1 Å². The zero-order chi connectivity index (χ0) is 20.5. The molecular weight excluding hydrogens is 364 g/mol. The van der Waals surface area contributed by atoms with E-state index in [1.807, 2.05) is 31.1 Å². The van der Waals surface area contributed by atoms with Gasteiger partial charge in [0.1, 0.15) is 0 Å². The van der Waals surface area contributed by atoms with Gasteiger partial charge in [0, 0.05) is 43.9 Å². The number of likely N-dealkylation sites (N-methyl/N-ethyl adjacent to an activating group) is 1. The molecule has 2 saturated heterocycles. The Morgan fingerprint density at radius 2 is 1.93 bits per heavy atom. The Bertz CT molecular complexity index is 938. The lowest BCUT2D eigenvalue weighted by molar-refractivity contribution is -0.133. The number of aromatic amines is 1. The van der Waals surface area contributed by atoms with E-state index in [1.54, 1.807) is 6.20 Å². The molecule has 2 aliphatic heterocycles. The van der Waals surface area contributed by atoms with Gasteiger partial charge in [-0.1, -0.05) is 30.3 Å². The third-order valence-corrected chi connectivity index (χ3v) is 6.31. The molecule has 2 aliphatic rings. The molecule has 6 heteroatoms. The van der Waals surface area contributed by atoms with E-state index in [2.05, 4.69) is 46.0 Å². The molecular formula is C23H30N4O2. The molecule has 1 aromatic heterocycles. The third-order valence-electron chi connectivity index (χ3n) is 6.31. The quantitative estimate of drug-likeness (QED) is 0.841. The summed E-state index contributed by atoms with van der Waals surface area (Å²) < 4.78 is 0. The molecule has 3 heterocycles. The van der Waals surface area contributed by atoms with Gasteiger partial charge < -0.3 is 14.8 Å². The first-order valence-electron chi connectivity index (χ1n) is 10.3. The van der Waals surface area contributed by atoms with Crippen molar-refractivity contribution in [3.63, 3.8) is 0 Å². The fraction of sp³-hybridized carbons (Fsp3) is 0.478. The van der Waals surface area contributed by atoms with Crippen molar-refractivity contribution in [2.45, 2.75) is 19.5 Å². The average Bonchev–Trinajstić information content (AvgIpc) is 3.21. The van der Waals surface area contributed by atoms with Crippen LogP contribution in [0.4, 0.5) is 0 Å². The second kappa shape index (κ2) is 8.13. The molecule has 3 atom stereocenters. The van der Waals surface area contributed by atoms with Gasteiger partial charge in [0.05, 0.1) is 12.6 Å². The molecule has 29 heavy (non-hydrogen) atoms. The Hall–Kier alpha value is -2.44. The van der Waals surface area contributed by atoms with Gasteiger partial charge >= 0.3 is 0 Å². The number of aryl methyl sites for hydroxylation is 1. The number of pyridine rings is 1. The van der Waals surface area contributed by atoms with Crippen LogP contribution in [0.5, 0.6) is 0 Å². The van der Waals surface area contributed by atoms with Crippen LogP contribution in [0.15, 0.2) is 47.4 Å². The highest BCUT2D eigenvalue weighted by atomic mass is 16.2. The first-order chi connectivity index (χ1) is 13.9. The van der Waals surface area contributed by atoms with E-state index in [4.69, 9.17) is 0 Å². The summed E-state index contributed by atoms with van der Waals surface area (Å²) in [7, 11) is 3.88. The fourth-order valence-electron chi connectivity index (χ4n) is 5.02. The SMILES string of the molecule is Cc1ccccc1[C@H]1[C@@H]2CN(Cc3ccc[nH]c3=O)C[C@@H]2CN1C(=O)CN(C)C. The van der Waals surface area contributed by atoms with Crippen molar-refractivity contribution in [3.8, 4) is 0 Å². The molecule has 2 fully saturated rings. The topological polar surface area (TPSA) is 59.7 Å². The lowest BCUT2D eigenvalue weighted by Crippen LogP contribution is -2.40. The van der Waals surface area contributed by atoms with Crippen LogP contribution >= 0.6 is 0 Å². The number of benzene rings is 1. The van der Waals surface area contributed by atoms with Gasteiger partial charge in [-0.25, -0.2) is 0 Å². The van der Waals surface area contributed by atoms with Crippen molar-refractivity contribution in [1.29, 1.82) is 0 Å². The van der Waals surface area contributed by atoms with E-state index in [-0.39, 0.29) is 17.5 Å². The lowest BCUT2D eigenvalue weighted by atomic mass is 9.87. The third kappa shape index (κ3) is 4.00. The number of aromatic nitrogens is 1. The van der Waals surface area contributed by atoms with Gasteiger partial charge in [0.15, 0.2) is 0 Å². The zero-order valence-corrected chi connectivity index (χ0v) is 17.5. The van der Waals surface area contributed by atoms with E-state index in [0.717, 1.165) is 25.2 Å². The zero-order valence-electron chi connectivity index (χ0n) is 17.5. The minimum Gasteiger partial charge on any atom is -0.334 e. The van der Waals surface area contributed by atoms with Crippen LogP contribution in [0, 0.1) is 18.8 Å². The van der Waals surface area contributed by atoms with Crippen LogP contribution < -0.4 is 5.56 Å². The predicted octanol–water partition coefficient (Wildman–Crippen LogP) is 1.88. The fourth-order valence-corrected chi connectivity index (χ4v) is 5.02. The molecule has 0 unspecified atom stereocenters. The van der Waals surface area contributed by atoms with E-state index >= 15 is 0 Å². The molecule has 0 bridgehead atoms. The summed E-state index contributed by atoms with van der Waals surface area (Å²) in [5, 5.41) is 0. The maximum absolute atomic E-state index is 13.0. The molecule has 0 aliphatic carbocycles. The number of rotatable bonds is 5. The minimum absolute atomic E-state index is 0.0113. The highest BCUT2D eigenvalue weighted by Crippen LogP contribution is 2.46. The second-order valence-electron chi connectivity index (χ2n) is 8.73. The Balaban J connectivity index is 1.58. The molecule has 1 N–H and O–H groups in total. The van der Waals surface area contributed by atoms with Crippen molar-refractivity contribution < 1.29 is 4.79 Å². The van der Waals surface area contributed by atoms with Crippen LogP contribution in [-0.2, 0) is 11.3 Å². The van der Waals surface area contributed by atoms with Crippen molar-refractivity contribution in [3.05, 3.63) is 69.6 Å². The second-order valence-corrected chi connectivity index (χ2v) is 8.73. The van der Waals surface area contributed by atoms with Crippen molar-refractivity contribution >= 4 is 5.91 Å². The Morgan fingerprint density at radius 3 is 2.66 bits per heavy atom. The molecule has 0 spiro atoms. The Morgan fingerprint density at radius 1 is 1.14 bits per heavy atom. The van der Waals surface area contributed by atoms with Crippen LogP contribution in [0.25, 0.3) is 0 Å². The molecule has 154 valence electrons. The number of carbonyl (C=O) groups is 1. The summed E-state index contributed by atoms with van der Waals surface area (Å²) >= 11 is 0. The van der Waals surface area contributed by atoms with Crippen molar-refractivity contribution in [2.24, 2.45) is 11.8 Å². The molecule has 0 radical (unpaired) electrons. The van der Waals surface area contributed by atoms with Gasteiger partial charge in [-0.15, -0.1) is 0 Å². The average molecular weight is 395 g/mol. The highest BCUT2D eigenvalue weighted by molar-refractivity contribution is 5.79. The van der Waals surface area contributed by atoms with Crippen LogP contribution in [-0.4, -0.2) is 65.9 Å². The number of hydrogen-bond acceptors (Lipinski definition) is 4. The Kier molecular flexibility index (Phi) is 5.56. The summed E-state index contributed by atoms with van der Waals surface area (Å²) in [6, 6.07) is 12.3. The minimum atomic E-state index is -0.0113.